The number of nitrogens with zero attached hydrogens (tertiary/aromatic N) is 2. The van der Waals surface area contributed by atoms with Crippen molar-refractivity contribution in [3.63, 3.8) is 0 Å². The van der Waals surface area contributed by atoms with Crippen molar-refractivity contribution in [3.8, 4) is 0 Å². The summed E-state index contributed by atoms with van der Waals surface area (Å²) in [5.41, 5.74) is -0.0206. The maximum absolute atomic E-state index is 12.9. The minimum atomic E-state index is -4.47. The zero-order valence-electron chi connectivity index (χ0n) is 12.9. The molecule has 1 amide bonds. The molecule has 1 aromatic carbocycles. The number of carbonyl (C=O) groups is 1. The summed E-state index contributed by atoms with van der Waals surface area (Å²) in [4.78, 5) is 12.2. The van der Waals surface area contributed by atoms with Crippen molar-refractivity contribution < 1.29 is 18.0 Å². The van der Waals surface area contributed by atoms with Gasteiger partial charge in [-0.1, -0.05) is 27.5 Å². The summed E-state index contributed by atoms with van der Waals surface area (Å²) in [6.07, 6.45) is -2.74. The van der Waals surface area contributed by atoms with E-state index < -0.39 is 11.9 Å². The first-order valence-corrected chi connectivity index (χ1v) is 8.81. The van der Waals surface area contributed by atoms with Crippen LogP contribution in [0.1, 0.15) is 40.5 Å². The molecule has 1 saturated carbocycles. The van der Waals surface area contributed by atoms with Gasteiger partial charge in [0.25, 0.3) is 5.91 Å². The lowest BCUT2D eigenvalue weighted by molar-refractivity contribution is -0.141. The Bertz CT molecular complexity index is 802. The molecule has 0 unspecified atom stereocenters. The zero-order chi connectivity index (χ0) is 18.2. The highest BCUT2D eigenvalue weighted by atomic mass is 79.9. The Morgan fingerprint density at radius 1 is 1.36 bits per heavy atom. The fourth-order valence-electron chi connectivity index (χ4n) is 2.50. The molecule has 1 aliphatic rings. The van der Waals surface area contributed by atoms with E-state index in [0.29, 0.717) is 20.8 Å². The minimum absolute atomic E-state index is 0.124. The second-order valence-corrected chi connectivity index (χ2v) is 7.15. The van der Waals surface area contributed by atoms with Gasteiger partial charge in [-0.2, -0.15) is 18.3 Å². The molecule has 1 fully saturated rings. The second-order valence-electron chi connectivity index (χ2n) is 5.83. The van der Waals surface area contributed by atoms with Gasteiger partial charge < -0.3 is 5.32 Å². The van der Waals surface area contributed by atoms with Crippen LogP contribution >= 0.6 is 27.5 Å². The van der Waals surface area contributed by atoms with Crippen molar-refractivity contribution >= 4 is 33.4 Å². The first-order chi connectivity index (χ1) is 11.8. The third-order valence-corrected chi connectivity index (χ3v) is 4.70. The highest BCUT2D eigenvalue weighted by Crippen LogP contribution is 2.42. The summed E-state index contributed by atoms with van der Waals surface area (Å²) in [5.74, 6) is -0.263. The summed E-state index contributed by atoms with van der Waals surface area (Å²) in [6, 6.07) is 5.99. The number of hydrogen-bond acceptors (Lipinski definition) is 2. The van der Waals surface area contributed by atoms with Gasteiger partial charge in [-0.25, -0.2) is 0 Å². The van der Waals surface area contributed by atoms with Gasteiger partial charge in [0.15, 0.2) is 5.69 Å². The van der Waals surface area contributed by atoms with Gasteiger partial charge in [0.1, 0.15) is 0 Å². The molecule has 1 aromatic heterocycles. The first kappa shape index (κ1) is 18.3. The van der Waals surface area contributed by atoms with Crippen LogP contribution in [-0.2, 0) is 12.7 Å². The highest BCUT2D eigenvalue weighted by molar-refractivity contribution is 9.10. The van der Waals surface area contributed by atoms with Gasteiger partial charge in [0, 0.05) is 22.6 Å². The Morgan fingerprint density at radius 3 is 2.72 bits per heavy atom. The molecule has 1 N–H and O–H groups in total. The minimum Gasteiger partial charge on any atom is -0.350 e. The number of halogens is 5. The number of benzene rings is 1. The van der Waals surface area contributed by atoms with Gasteiger partial charge in [0.2, 0.25) is 0 Å². The van der Waals surface area contributed by atoms with E-state index in [-0.39, 0.29) is 24.9 Å². The first-order valence-electron chi connectivity index (χ1n) is 7.64. The number of amides is 1. The second kappa shape index (κ2) is 6.99. The molecule has 0 atom stereocenters. The summed E-state index contributed by atoms with van der Waals surface area (Å²) < 4.78 is 40.6. The predicted octanol–water partition coefficient (Wildman–Crippen LogP) is 4.63. The van der Waals surface area contributed by atoms with Crippen molar-refractivity contribution in [2.75, 3.05) is 6.54 Å². The topological polar surface area (TPSA) is 46.9 Å². The molecule has 0 bridgehead atoms. The smallest absolute Gasteiger partial charge is 0.350 e. The average Bonchev–Trinajstić information content (AvgIpc) is 3.28. The van der Waals surface area contributed by atoms with Gasteiger partial charge in [-0.3, -0.25) is 9.48 Å². The van der Waals surface area contributed by atoms with Crippen molar-refractivity contribution in [1.29, 1.82) is 0 Å². The number of nitrogens with one attached hydrogen (secondary N) is 1. The van der Waals surface area contributed by atoms with Crippen LogP contribution in [-0.4, -0.2) is 22.2 Å². The zero-order valence-corrected chi connectivity index (χ0v) is 15.2. The fourth-order valence-corrected chi connectivity index (χ4v) is 3.06. The largest absolute Gasteiger partial charge is 0.435 e. The van der Waals surface area contributed by atoms with E-state index in [1.54, 1.807) is 18.2 Å². The lowest BCUT2D eigenvalue weighted by atomic mass is 10.2. The van der Waals surface area contributed by atoms with Crippen molar-refractivity contribution in [2.45, 2.75) is 31.5 Å². The molecule has 9 heteroatoms. The van der Waals surface area contributed by atoms with Gasteiger partial charge >= 0.3 is 6.18 Å². The van der Waals surface area contributed by atoms with E-state index in [0.717, 1.165) is 18.9 Å². The normalized spacial score (nSPS) is 14.6. The summed E-state index contributed by atoms with van der Waals surface area (Å²) in [5, 5.41) is 6.62. The molecule has 25 heavy (non-hydrogen) atoms. The van der Waals surface area contributed by atoms with Crippen LogP contribution in [0.15, 0.2) is 28.7 Å². The standard InChI is InChI=1S/C16H14BrClF3N3O/c17-10-3-4-12(18)11(7-10)15(25)22-5-6-24-13(9-1-2-9)8-14(23-24)16(19,20)21/h3-4,7-9H,1-2,5-6H2,(H,22,25). The van der Waals surface area contributed by atoms with E-state index in [1.165, 1.54) is 4.68 Å². The van der Waals surface area contributed by atoms with E-state index in [2.05, 4.69) is 26.3 Å². The van der Waals surface area contributed by atoms with E-state index in [4.69, 9.17) is 11.6 Å². The van der Waals surface area contributed by atoms with E-state index in [1.807, 2.05) is 0 Å². The molecule has 0 saturated heterocycles. The Morgan fingerprint density at radius 2 is 2.08 bits per heavy atom. The molecular formula is C16H14BrClF3N3O. The number of hydrogen-bond donors (Lipinski definition) is 1. The monoisotopic (exact) mass is 435 g/mol. The maximum Gasteiger partial charge on any atom is 0.435 e. The van der Waals surface area contributed by atoms with E-state index in [9.17, 15) is 18.0 Å². The Hall–Kier alpha value is -1.54. The maximum atomic E-state index is 12.9. The fraction of sp³-hybridized carbons (Fsp3) is 0.375. The summed E-state index contributed by atoms with van der Waals surface area (Å²) in [7, 11) is 0. The number of aromatic nitrogens is 2. The number of carbonyl (C=O) groups excluding carboxylic acids is 1. The van der Waals surface area contributed by atoms with Gasteiger partial charge in [-0.15, -0.1) is 0 Å². The summed E-state index contributed by atoms with van der Waals surface area (Å²) >= 11 is 9.26. The molecule has 2 aromatic rings. The van der Waals surface area contributed by atoms with Crippen molar-refractivity contribution in [1.82, 2.24) is 15.1 Å². The third kappa shape index (κ3) is 4.36. The molecule has 0 radical (unpaired) electrons. The molecular weight excluding hydrogens is 423 g/mol. The Balaban J connectivity index is 1.66. The molecule has 134 valence electrons. The molecule has 4 nitrogen and oxygen atoms in total. The predicted molar refractivity (Wildman–Crippen MR) is 90.7 cm³/mol. The van der Waals surface area contributed by atoms with Gasteiger partial charge in [-0.05, 0) is 37.1 Å². The van der Waals surface area contributed by atoms with Gasteiger partial charge in [0.05, 0.1) is 17.1 Å². The third-order valence-electron chi connectivity index (χ3n) is 3.88. The highest BCUT2D eigenvalue weighted by Gasteiger charge is 2.37. The average molecular weight is 437 g/mol. The van der Waals surface area contributed by atoms with E-state index >= 15 is 0 Å². The van der Waals surface area contributed by atoms with Crippen LogP contribution in [0.3, 0.4) is 0 Å². The molecule has 3 rings (SSSR count). The van der Waals surface area contributed by atoms with Crippen LogP contribution in [0.5, 0.6) is 0 Å². The van der Waals surface area contributed by atoms with Crippen LogP contribution < -0.4 is 5.32 Å². The number of rotatable bonds is 5. The van der Waals surface area contributed by atoms with Crippen LogP contribution in [0.25, 0.3) is 0 Å². The summed E-state index contributed by atoms with van der Waals surface area (Å²) in [6.45, 7) is 0.319. The molecule has 1 aliphatic carbocycles. The number of alkyl halides is 3. The Kier molecular flexibility index (Phi) is 5.11. The Labute approximate surface area is 155 Å². The lowest BCUT2D eigenvalue weighted by Gasteiger charge is -2.09. The van der Waals surface area contributed by atoms with Crippen LogP contribution in [0, 0.1) is 0 Å². The molecule has 0 spiro atoms. The quantitative estimate of drug-likeness (QED) is 0.743. The van der Waals surface area contributed by atoms with Crippen molar-refractivity contribution in [3.05, 3.63) is 50.7 Å². The SMILES string of the molecule is O=C(NCCn1nc(C(F)(F)F)cc1C1CC1)c1cc(Br)ccc1Cl. The molecule has 1 heterocycles. The van der Waals surface area contributed by atoms with Crippen LogP contribution in [0.2, 0.25) is 5.02 Å². The van der Waals surface area contributed by atoms with Crippen molar-refractivity contribution in [2.24, 2.45) is 0 Å². The molecule has 0 aliphatic heterocycles. The lowest BCUT2D eigenvalue weighted by Crippen LogP contribution is -2.28. The van der Waals surface area contributed by atoms with Crippen LogP contribution in [0.4, 0.5) is 13.2 Å².